The fourth-order valence-corrected chi connectivity index (χ4v) is 2.53. The summed E-state index contributed by atoms with van der Waals surface area (Å²) in [6.07, 6.45) is 1.43. The number of ether oxygens (including phenoxy) is 1. The first-order chi connectivity index (χ1) is 8.37. The average Bonchev–Trinajstić information content (AvgIpc) is 2.29. The van der Waals surface area contributed by atoms with E-state index in [9.17, 15) is 15.0 Å². The molecule has 1 heterocycles. The Morgan fingerprint density at radius 3 is 2.78 bits per heavy atom. The van der Waals surface area contributed by atoms with E-state index >= 15 is 0 Å². The molecule has 0 spiro atoms. The van der Waals surface area contributed by atoms with Crippen molar-refractivity contribution >= 4 is 5.97 Å². The largest absolute Gasteiger partial charge is 0.481 e. The first-order valence-electron chi connectivity index (χ1n) is 6.50. The molecule has 2 atom stereocenters. The van der Waals surface area contributed by atoms with E-state index in [1.165, 1.54) is 0 Å². The number of methoxy groups -OCH3 is 1. The second-order valence-electron chi connectivity index (χ2n) is 5.73. The number of carboxylic acids is 1. The molecule has 0 aromatic carbocycles. The summed E-state index contributed by atoms with van der Waals surface area (Å²) in [7, 11) is 1.57. The molecule has 1 saturated heterocycles. The zero-order valence-electron chi connectivity index (χ0n) is 11.6. The summed E-state index contributed by atoms with van der Waals surface area (Å²) in [5, 5.41) is 19.0. The van der Waals surface area contributed by atoms with Gasteiger partial charge in [0.05, 0.1) is 18.1 Å². The number of nitrogens with zero attached hydrogens (tertiary/aromatic N) is 1. The van der Waals surface area contributed by atoms with Crippen molar-refractivity contribution in [1.82, 2.24) is 4.90 Å². The van der Waals surface area contributed by atoms with Crippen molar-refractivity contribution in [2.75, 3.05) is 33.4 Å². The third-order valence-electron chi connectivity index (χ3n) is 3.91. The van der Waals surface area contributed by atoms with E-state index in [-0.39, 0.29) is 5.92 Å². The van der Waals surface area contributed by atoms with Gasteiger partial charge in [-0.3, -0.25) is 4.79 Å². The molecule has 5 nitrogen and oxygen atoms in total. The fraction of sp³-hybridized carbons (Fsp3) is 0.923. The van der Waals surface area contributed by atoms with E-state index < -0.39 is 17.5 Å². The number of rotatable bonds is 6. The Bertz CT molecular complexity index is 280. The zero-order chi connectivity index (χ0) is 13.8. The highest BCUT2D eigenvalue weighted by Gasteiger charge is 2.39. The minimum Gasteiger partial charge on any atom is -0.481 e. The SMILES string of the molecule is COCC(O)CN1CCCC(C(C)(C)C(=O)O)C1. The highest BCUT2D eigenvalue weighted by molar-refractivity contribution is 5.74. The van der Waals surface area contributed by atoms with Crippen LogP contribution in [-0.2, 0) is 9.53 Å². The molecule has 106 valence electrons. The smallest absolute Gasteiger partial charge is 0.309 e. The number of aliphatic hydroxyl groups is 1. The van der Waals surface area contributed by atoms with E-state index in [1.807, 2.05) is 0 Å². The van der Waals surface area contributed by atoms with Crippen molar-refractivity contribution in [3.8, 4) is 0 Å². The average molecular weight is 259 g/mol. The van der Waals surface area contributed by atoms with Gasteiger partial charge < -0.3 is 19.8 Å². The second-order valence-corrected chi connectivity index (χ2v) is 5.73. The molecular weight excluding hydrogens is 234 g/mol. The van der Waals surface area contributed by atoms with Crippen LogP contribution in [0.25, 0.3) is 0 Å². The molecule has 18 heavy (non-hydrogen) atoms. The minimum atomic E-state index is -0.744. The third kappa shape index (κ3) is 3.93. The number of hydrogen-bond donors (Lipinski definition) is 2. The van der Waals surface area contributed by atoms with Crippen LogP contribution in [0.3, 0.4) is 0 Å². The molecule has 5 heteroatoms. The maximum atomic E-state index is 11.3. The van der Waals surface area contributed by atoms with E-state index in [4.69, 9.17) is 4.74 Å². The highest BCUT2D eigenvalue weighted by Crippen LogP contribution is 2.34. The van der Waals surface area contributed by atoms with Crippen LogP contribution in [0.1, 0.15) is 26.7 Å². The molecule has 0 radical (unpaired) electrons. The number of aliphatic hydroxyl groups excluding tert-OH is 1. The van der Waals surface area contributed by atoms with E-state index in [1.54, 1.807) is 21.0 Å². The first-order valence-corrected chi connectivity index (χ1v) is 6.50. The summed E-state index contributed by atoms with van der Waals surface area (Å²) in [4.78, 5) is 13.4. The Morgan fingerprint density at radius 2 is 2.22 bits per heavy atom. The van der Waals surface area contributed by atoms with Gasteiger partial charge in [0.25, 0.3) is 0 Å². The predicted molar refractivity (Wildman–Crippen MR) is 68.5 cm³/mol. The second kappa shape index (κ2) is 6.50. The highest BCUT2D eigenvalue weighted by atomic mass is 16.5. The maximum Gasteiger partial charge on any atom is 0.309 e. The van der Waals surface area contributed by atoms with Crippen molar-refractivity contribution in [3.05, 3.63) is 0 Å². The van der Waals surface area contributed by atoms with Gasteiger partial charge in [-0.2, -0.15) is 0 Å². The Hall–Kier alpha value is -0.650. The lowest BCUT2D eigenvalue weighted by molar-refractivity contribution is -0.151. The van der Waals surface area contributed by atoms with Gasteiger partial charge in [-0.15, -0.1) is 0 Å². The first kappa shape index (κ1) is 15.4. The number of piperidine rings is 1. The molecule has 0 aromatic rings. The molecule has 2 N–H and O–H groups in total. The summed E-state index contributed by atoms with van der Waals surface area (Å²) in [6.45, 7) is 6.11. The minimum absolute atomic E-state index is 0.137. The molecule has 1 fully saturated rings. The van der Waals surface area contributed by atoms with Crippen LogP contribution in [-0.4, -0.2) is 60.5 Å². The fourth-order valence-electron chi connectivity index (χ4n) is 2.53. The quantitative estimate of drug-likeness (QED) is 0.739. The number of carboxylic acid groups (broad SMARTS) is 1. The van der Waals surface area contributed by atoms with E-state index in [0.717, 1.165) is 25.9 Å². The van der Waals surface area contributed by atoms with Crippen molar-refractivity contribution < 1.29 is 19.7 Å². The Balaban J connectivity index is 2.53. The van der Waals surface area contributed by atoms with Gasteiger partial charge in [0, 0.05) is 20.2 Å². The van der Waals surface area contributed by atoms with Crippen LogP contribution in [0.4, 0.5) is 0 Å². The Kier molecular flexibility index (Phi) is 5.56. The normalized spacial score (nSPS) is 23.9. The third-order valence-corrected chi connectivity index (χ3v) is 3.91. The molecule has 2 unspecified atom stereocenters. The molecule has 0 bridgehead atoms. The summed E-state index contributed by atoms with van der Waals surface area (Å²) < 4.78 is 4.91. The number of carbonyl (C=O) groups is 1. The van der Waals surface area contributed by atoms with Crippen molar-refractivity contribution in [2.45, 2.75) is 32.8 Å². The van der Waals surface area contributed by atoms with Gasteiger partial charge in [0.2, 0.25) is 0 Å². The summed E-state index contributed by atoms with van der Waals surface area (Å²) in [5.74, 6) is -0.606. The summed E-state index contributed by atoms with van der Waals surface area (Å²) in [5.41, 5.74) is -0.703. The van der Waals surface area contributed by atoms with Gasteiger partial charge in [-0.1, -0.05) is 0 Å². The van der Waals surface area contributed by atoms with Crippen LogP contribution in [0, 0.1) is 11.3 Å². The number of likely N-dealkylation sites (tertiary alicyclic amines) is 1. The molecule has 1 aliphatic rings. The van der Waals surface area contributed by atoms with Crippen LogP contribution in [0.5, 0.6) is 0 Å². The number of β-amino-alcohol motifs (C(OH)–C–C–N with tert-alkyl or cyclic N) is 1. The van der Waals surface area contributed by atoms with Gasteiger partial charge in [0.1, 0.15) is 0 Å². The van der Waals surface area contributed by atoms with E-state index in [2.05, 4.69) is 4.90 Å². The van der Waals surface area contributed by atoms with Crippen LogP contribution in [0.2, 0.25) is 0 Å². The van der Waals surface area contributed by atoms with Gasteiger partial charge in [-0.25, -0.2) is 0 Å². The van der Waals surface area contributed by atoms with E-state index in [0.29, 0.717) is 13.2 Å². The molecule has 0 aromatic heterocycles. The number of aliphatic carboxylic acids is 1. The molecule has 1 aliphatic heterocycles. The van der Waals surface area contributed by atoms with Crippen molar-refractivity contribution in [3.63, 3.8) is 0 Å². The Morgan fingerprint density at radius 1 is 1.56 bits per heavy atom. The standard InChI is InChI=1S/C13H25NO4/c1-13(2,12(16)17)10-5-4-6-14(7-10)8-11(15)9-18-3/h10-11,15H,4-9H2,1-3H3,(H,16,17). The lowest BCUT2D eigenvalue weighted by Crippen LogP contribution is -2.47. The van der Waals surface area contributed by atoms with Crippen LogP contribution >= 0.6 is 0 Å². The van der Waals surface area contributed by atoms with Crippen LogP contribution < -0.4 is 0 Å². The lowest BCUT2D eigenvalue weighted by Gasteiger charge is -2.39. The predicted octanol–water partition coefficient (Wildman–Crippen LogP) is 0.816. The monoisotopic (exact) mass is 259 g/mol. The molecule has 0 saturated carbocycles. The molecule has 1 rings (SSSR count). The van der Waals surface area contributed by atoms with Crippen molar-refractivity contribution in [2.24, 2.45) is 11.3 Å². The molecule has 0 aliphatic carbocycles. The molecular formula is C13H25NO4. The van der Waals surface area contributed by atoms with Gasteiger partial charge in [-0.05, 0) is 39.2 Å². The van der Waals surface area contributed by atoms with Crippen LogP contribution in [0.15, 0.2) is 0 Å². The number of hydrogen-bond acceptors (Lipinski definition) is 4. The van der Waals surface area contributed by atoms with Crippen molar-refractivity contribution in [1.29, 1.82) is 0 Å². The summed E-state index contributed by atoms with van der Waals surface area (Å²) in [6, 6.07) is 0. The zero-order valence-corrected chi connectivity index (χ0v) is 11.6. The van der Waals surface area contributed by atoms with Gasteiger partial charge >= 0.3 is 5.97 Å². The molecule has 0 amide bonds. The summed E-state index contributed by atoms with van der Waals surface area (Å²) >= 11 is 0. The Labute approximate surface area is 109 Å². The maximum absolute atomic E-state index is 11.3. The lowest BCUT2D eigenvalue weighted by atomic mass is 9.74. The topological polar surface area (TPSA) is 70.0 Å². The van der Waals surface area contributed by atoms with Gasteiger partial charge in [0.15, 0.2) is 0 Å².